The zero-order chi connectivity index (χ0) is 20.8. The first-order valence-electron chi connectivity index (χ1n) is 9.86. The molecule has 1 aromatic heterocycles. The van der Waals surface area contributed by atoms with Crippen molar-refractivity contribution in [2.75, 3.05) is 40.5 Å². The Bertz CT molecular complexity index is 789. The fourth-order valence-electron chi connectivity index (χ4n) is 3.68. The minimum Gasteiger partial charge on any atom is -0.382 e. The van der Waals surface area contributed by atoms with Crippen molar-refractivity contribution in [3.05, 3.63) is 41.8 Å². The Hall–Kier alpha value is -2.29. The number of carbonyl (C=O) groups excluding carboxylic acids is 1. The van der Waals surface area contributed by atoms with Gasteiger partial charge >= 0.3 is 0 Å². The number of methoxy groups -OCH3 is 1. The summed E-state index contributed by atoms with van der Waals surface area (Å²) >= 11 is 0. The van der Waals surface area contributed by atoms with Crippen molar-refractivity contribution in [2.24, 2.45) is 7.05 Å². The molecule has 1 N–H and O–H groups in total. The Labute approximate surface area is 170 Å². The van der Waals surface area contributed by atoms with Crippen LogP contribution in [0.3, 0.4) is 0 Å². The first-order valence-corrected chi connectivity index (χ1v) is 9.86. The molecule has 1 amide bonds. The van der Waals surface area contributed by atoms with Crippen molar-refractivity contribution in [1.29, 1.82) is 0 Å². The Morgan fingerprint density at radius 2 is 2.07 bits per heavy atom. The predicted octanol–water partition coefficient (Wildman–Crippen LogP) is 2.14. The molecule has 1 saturated heterocycles. The quantitative estimate of drug-likeness (QED) is 0.649. The molecule has 2 heterocycles. The highest BCUT2D eigenvalue weighted by molar-refractivity contribution is 5.82. The molecule has 2 unspecified atom stereocenters. The second kappa shape index (κ2) is 9.96. The van der Waals surface area contributed by atoms with Crippen LogP contribution in [0.25, 0.3) is 11.3 Å². The van der Waals surface area contributed by atoms with Gasteiger partial charge < -0.3 is 14.8 Å². The van der Waals surface area contributed by atoms with Crippen LogP contribution in [0.15, 0.2) is 30.5 Å². The van der Waals surface area contributed by atoms with E-state index in [0.717, 1.165) is 30.5 Å². The van der Waals surface area contributed by atoms with Crippen molar-refractivity contribution in [3.63, 3.8) is 0 Å². The molecule has 158 valence electrons. The monoisotopic (exact) mass is 404 g/mol. The van der Waals surface area contributed by atoms with E-state index in [4.69, 9.17) is 9.47 Å². The first kappa shape index (κ1) is 21.4. The number of nitrogens with one attached hydrogen (secondary N) is 1. The van der Waals surface area contributed by atoms with Gasteiger partial charge in [-0.1, -0.05) is 24.3 Å². The number of rotatable bonds is 9. The van der Waals surface area contributed by atoms with Gasteiger partial charge in [-0.05, 0) is 32.0 Å². The number of hydrogen-bond acceptors (Lipinski definition) is 5. The minimum atomic E-state index is -0.364. The van der Waals surface area contributed by atoms with Gasteiger partial charge in [-0.25, -0.2) is 4.39 Å². The van der Waals surface area contributed by atoms with Gasteiger partial charge in [0.2, 0.25) is 5.91 Å². The van der Waals surface area contributed by atoms with Gasteiger partial charge in [-0.15, -0.1) is 0 Å². The second-order valence-electron chi connectivity index (χ2n) is 7.35. The number of aromatic nitrogens is 2. The molecule has 0 spiro atoms. The second-order valence-corrected chi connectivity index (χ2v) is 7.35. The van der Waals surface area contributed by atoms with Gasteiger partial charge in [0.05, 0.1) is 38.1 Å². The maximum Gasteiger partial charge on any atom is 0.237 e. The molecule has 0 saturated carbocycles. The fourth-order valence-corrected chi connectivity index (χ4v) is 3.68. The summed E-state index contributed by atoms with van der Waals surface area (Å²) < 4.78 is 26.2. The van der Waals surface area contributed by atoms with E-state index in [0.29, 0.717) is 25.5 Å². The van der Waals surface area contributed by atoms with Crippen LogP contribution in [0.5, 0.6) is 0 Å². The van der Waals surface area contributed by atoms with E-state index in [1.165, 1.54) is 10.9 Å². The summed E-state index contributed by atoms with van der Waals surface area (Å²) in [5.41, 5.74) is 2.07. The van der Waals surface area contributed by atoms with E-state index in [1.807, 2.05) is 31.3 Å². The minimum absolute atomic E-state index is 0.00657. The number of halogens is 1. The van der Waals surface area contributed by atoms with Crippen LogP contribution in [0.4, 0.5) is 4.39 Å². The Morgan fingerprint density at radius 3 is 2.66 bits per heavy atom. The Balaban J connectivity index is 1.74. The molecule has 2 atom stereocenters. The smallest absolute Gasteiger partial charge is 0.237 e. The summed E-state index contributed by atoms with van der Waals surface area (Å²) in [6.07, 6.45) is 3.08. The van der Waals surface area contributed by atoms with E-state index in [1.54, 1.807) is 14.2 Å². The van der Waals surface area contributed by atoms with Crippen molar-refractivity contribution in [2.45, 2.75) is 24.9 Å². The van der Waals surface area contributed by atoms with Gasteiger partial charge in [-0.2, -0.15) is 5.10 Å². The van der Waals surface area contributed by atoms with Crippen LogP contribution in [0.2, 0.25) is 0 Å². The van der Waals surface area contributed by atoms with E-state index in [2.05, 4.69) is 15.3 Å². The SMILES string of the molecule is COCCOCC(NC(=O)C1CCCN1C)c1ccc(-c2c(F)cnn2C)cc1. The molecular weight excluding hydrogens is 375 g/mol. The van der Waals surface area contributed by atoms with E-state index < -0.39 is 0 Å². The van der Waals surface area contributed by atoms with Gasteiger partial charge in [0.25, 0.3) is 0 Å². The standard InChI is InChI=1S/C21H29FN4O3/c1-25-10-4-5-19(25)21(27)24-18(14-29-12-11-28-3)15-6-8-16(9-7-15)20-17(22)13-23-26(20)2/h6-9,13,18-19H,4-5,10-12,14H2,1-3H3,(H,24,27). The summed E-state index contributed by atoms with van der Waals surface area (Å²) in [5.74, 6) is -0.357. The number of benzene rings is 1. The number of ether oxygens (including phenoxy) is 2. The topological polar surface area (TPSA) is 68.6 Å². The average molecular weight is 404 g/mol. The number of carbonyl (C=O) groups is 1. The lowest BCUT2D eigenvalue weighted by atomic mass is 10.0. The third kappa shape index (κ3) is 5.20. The zero-order valence-electron chi connectivity index (χ0n) is 17.2. The molecule has 8 heteroatoms. The summed E-state index contributed by atoms with van der Waals surface area (Å²) in [6.45, 7) is 2.21. The highest BCUT2D eigenvalue weighted by atomic mass is 19.1. The molecule has 0 aliphatic carbocycles. The van der Waals surface area contributed by atoms with Crippen LogP contribution in [-0.4, -0.2) is 67.2 Å². The predicted molar refractivity (Wildman–Crippen MR) is 108 cm³/mol. The molecule has 7 nitrogen and oxygen atoms in total. The van der Waals surface area contributed by atoms with E-state index in [9.17, 15) is 9.18 Å². The lowest BCUT2D eigenvalue weighted by molar-refractivity contribution is -0.126. The summed E-state index contributed by atoms with van der Waals surface area (Å²) in [4.78, 5) is 14.9. The molecule has 29 heavy (non-hydrogen) atoms. The lowest BCUT2D eigenvalue weighted by Crippen LogP contribution is -2.44. The van der Waals surface area contributed by atoms with Gasteiger partial charge in [0.1, 0.15) is 5.69 Å². The lowest BCUT2D eigenvalue weighted by Gasteiger charge is -2.24. The molecule has 0 bridgehead atoms. The van der Waals surface area contributed by atoms with Crippen LogP contribution in [0, 0.1) is 5.82 Å². The number of nitrogens with zero attached hydrogens (tertiary/aromatic N) is 3. The number of aryl methyl sites for hydroxylation is 1. The number of likely N-dealkylation sites (tertiary alicyclic amines) is 1. The molecule has 1 aromatic carbocycles. The first-order chi connectivity index (χ1) is 14.0. The molecule has 2 aromatic rings. The van der Waals surface area contributed by atoms with Gasteiger partial charge in [0, 0.05) is 19.7 Å². The molecular formula is C21H29FN4O3. The molecule has 1 aliphatic rings. The Morgan fingerprint density at radius 1 is 1.31 bits per heavy atom. The van der Waals surface area contributed by atoms with Crippen LogP contribution in [0.1, 0.15) is 24.4 Å². The largest absolute Gasteiger partial charge is 0.382 e. The zero-order valence-corrected chi connectivity index (χ0v) is 17.2. The van der Waals surface area contributed by atoms with Crippen LogP contribution in [-0.2, 0) is 21.3 Å². The number of likely N-dealkylation sites (N-methyl/N-ethyl adjacent to an activating group) is 1. The third-order valence-electron chi connectivity index (χ3n) is 5.34. The maximum atomic E-state index is 14.0. The molecule has 3 rings (SSSR count). The van der Waals surface area contributed by atoms with Crippen molar-refractivity contribution >= 4 is 5.91 Å². The van der Waals surface area contributed by atoms with Gasteiger partial charge in [-0.3, -0.25) is 14.4 Å². The highest BCUT2D eigenvalue weighted by Gasteiger charge is 2.29. The summed E-state index contributed by atoms with van der Waals surface area (Å²) in [5, 5.41) is 7.07. The molecule has 1 fully saturated rings. The summed E-state index contributed by atoms with van der Waals surface area (Å²) in [6, 6.07) is 7.06. The van der Waals surface area contributed by atoms with E-state index >= 15 is 0 Å². The van der Waals surface area contributed by atoms with Crippen molar-refractivity contribution < 1.29 is 18.7 Å². The number of amides is 1. The third-order valence-corrected chi connectivity index (χ3v) is 5.34. The fraction of sp³-hybridized carbons (Fsp3) is 0.524. The molecule has 1 aliphatic heterocycles. The summed E-state index contributed by atoms with van der Waals surface area (Å²) in [7, 11) is 5.30. The van der Waals surface area contributed by atoms with E-state index in [-0.39, 0.29) is 23.8 Å². The normalized spacial score (nSPS) is 18.1. The average Bonchev–Trinajstić information content (AvgIpc) is 3.29. The maximum absolute atomic E-state index is 14.0. The van der Waals surface area contributed by atoms with Crippen molar-refractivity contribution in [3.8, 4) is 11.3 Å². The van der Waals surface area contributed by atoms with Gasteiger partial charge in [0.15, 0.2) is 5.82 Å². The Kier molecular flexibility index (Phi) is 7.35. The van der Waals surface area contributed by atoms with Crippen LogP contribution >= 0.6 is 0 Å². The number of hydrogen-bond donors (Lipinski definition) is 1. The molecule has 0 radical (unpaired) electrons. The highest BCUT2D eigenvalue weighted by Crippen LogP contribution is 2.25. The van der Waals surface area contributed by atoms with Crippen molar-refractivity contribution in [1.82, 2.24) is 20.0 Å². The van der Waals surface area contributed by atoms with Crippen LogP contribution < -0.4 is 5.32 Å².